The third kappa shape index (κ3) is 6.68. The fourth-order valence-corrected chi connectivity index (χ4v) is 3.31. The minimum atomic E-state index is -1.82. The van der Waals surface area contributed by atoms with Crippen molar-refractivity contribution in [3.05, 3.63) is 29.8 Å². The summed E-state index contributed by atoms with van der Waals surface area (Å²) in [5.74, 6) is 6.95. The van der Waals surface area contributed by atoms with Crippen molar-refractivity contribution in [2.45, 2.75) is 65.0 Å². The second-order valence-corrected chi connectivity index (χ2v) is 12.3. The van der Waals surface area contributed by atoms with Crippen LogP contribution in [0.25, 0.3) is 0 Å². The molecule has 0 saturated heterocycles. The van der Waals surface area contributed by atoms with E-state index in [0.717, 1.165) is 11.3 Å². The normalized spacial score (nSPS) is 13.1. The van der Waals surface area contributed by atoms with Crippen LogP contribution in [0.4, 0.5) is 0 Å². The van der Waals surface area contributed by atoms with E-state index in [1.165, 1.54) is 0 Å². The van der Waals surface area contributed by atoms with Crippen molar-refractivity contribution in [2.75, 3.05) is 13.7 Å². The lowest BCUT2D eigenvalue weighted by molar-refractivity contribution is 0.0368. The first-order valence-corrected chi connectivity index (χ1v) is 11.4. The average Bonchev–Trinajstić information content (AvgIpc) is 2.51. The van der Waals surface area contributed by atoms with Gasteiger partial charge in [0.25, 0.3) is 0 Å². The monoisotopic (exact) mass is 348 g/mol. The van der Waals surface area contributed by atoms with Gasteiger partial charge in [0.15, 0.2) is 8.32 Å². The minimum Gasteiger partial charge on any atom is -0.497 e. The molecule has 0 aliphatic rings. The van der Waals surface area contributed by atoms with E-state index in [1.54, 1.807) is 7.11 Å². The molecule has 134 valence electrons. The summed E-state index contributed by atoms with van der Waals surface area (Å²) in [5, 5.41) is 0.181. The Hall–Kier alpha value is -1.28. The van der Waals surface area contributed by atoms with Crippen LogP contribution in [-0.4, -0.2) is 28.1 Å². The van der Waals surface area contributed by atoms with Crippen LogP contribution < -0.4 is 4.74 Å². The van der Waals surface area contributed by atoms with Crippen LogP contribution >= 0.6 is 0 Å². The largest absolute Gasteiger partial charge is 0.497 e. The third-order valence-electron chi connectivity index (χ3n) is 4.51. The first-order chi connectivity index (χ1) is 11.2. The summed E-state index contributed by atoms with van der Waals surface area (Å²) >= 11 is 0. The average molecular weight is 349 g/mol. The Bertz CT molecular complexity index is 547. The van der Waals surface area contributed by atoms with E-state index in [4.69, 9.17) is 13.9 Å². The van der Waals surface area contributed by atoms with Gasteiger partial charge in [-0.3, -0.25) is 0 Å². The maximum absolute atomic E-state index is 6.47. The molecule has 1 unspecified atom stereocenters. The maximum atomic E-state index is 6.47. The molecule has 0 saturated carbocycles. The van der Waals surface area contributed by atoms with Crippen molar-refractivity contribution in [1.82, 2.24) is 0 Å². The van der Waals surface area contributed by atoms with Crippen LogP contribution in [0.15, 0.2) is 24.3 Å². The zero-order valence-corrected chi connectivity index (χ0v) is 17.2. The van der Waals surface area contributed by atoms with Gasteiger partial charge in [-0.2, -0.15) is 0 Å². The number of ether oxygens (including phenoxy) is 2. The molecular weight excluding hydrogens is 316 g/mol. The van der Waals surface area contributed by atoms with Crippen molar-refractivity contribution >= 4 is 8.32 Å². The Morgan fingerprint density at radius 2 is 1.75 bits per heavy atom. The summed E-state index contributed by atoms with van der Waals surface area (Å²) in [5.41, 5.74) is 1.13. The SMILES string of the molecule is CC#CCC(COCc1ccc(OC)cc1)O[Si](C)(C)C(C)(C)C. The van der Waals surface area contributed by atoms with Crippen LogP contribution in [0.1, 0.15) is 39.7 Å². The molecular formula is C20H32O3Si. The molecule has 1 rings (SSSR count). The first-order valence-electron chi connectivity index (χ1n) is 8.47. The van der Waals surface area contributed by atoms with E-state index in [9.17, 15) is 0 Å². The zero-order chi connectivity index (χ0) is 18.2. The van der Waals surface area contributed by atoms with Crippen LogP contribution in [0.5, 0.6) is 5.75 Å². The van der Waals surface area contributed by atoms with E-state index >= 15 is 0 Å². The summed E-state index contributed by atoms with van der Waals surface area (Å²) in [6.45, 7) is 14.3. The highest BCUT2D eigenvalue weighted by molar-refractivity contribution is 6.74. The summed E-state index contributed by atoms with van der Waals surface area (Å²) in [6, 6.07) is 7.94. The predicted molar refractivity (Wildman–Crippen MR) is 103 cm³/mol. The molecule has 0 aromatic heterocycles. The second kappa shape index (κ2) is 9.27. The number of methoxy groups -OCH3 is 1. The van der Waals surface area contributed by atoms with Gasteiger partial charge >= 0.3 is 0 Å². The molecule has 0 bridgehead atoms. The Balaban J connectivity index is 2.60. The minimum absolute atomic E-state index is 0.0246. The molecule has 0 fully saturated rings. The Morgan fingerprint density at radius 1 is 1.12 bits per heavy atom. The highest BCUT2D eigenvalue weighted by atomic mass is 28.4. The Kier molecular flexibility index (Phi) is 8.01. The molecule has 0 radical (unpaired) electrons. The lowest BCUT2D eigenvalue weighted by atomic mass is 10.2. The molecule has 0 N–H and O–H groups in total. The van der Waals surface area contributed by atoms with Gasteiger partial charge in [0.1, 0.15) is 5.75 Å². The van der Waals surface area contributed by atoms with E-state index in [-0.39, 0.29) is 11.1 Å². The van der Waals surface area contributed by atoms with Gasteiger partial charge in [0.2, 0.25) is 0 Å². The Morgan fingerprint density at radius 3 is 2.25 bits per heavy atom. The van der Waals surface area contributed by atoms with Crippen molar-refractivity contribution in [1.29, 1.82) is 0 Å². The molecule has 24 heavy (non-hydrogen) atoms. The fourth-order valence-electron chi connectivity index (χ4n) is 1.97. The second-order valence-electron chi connectivity index (χ2n) is 7.49. The predicted octanol–water partition coefficient (Wildman–Crippen LogP) is 5.02. The van der Waals surface area contributed by atoms with Gasteiger partial charge in [-0.05, 0) is 42.8 Å². The van der Waals surface area contributed by atoms with Gasteiger partial charge in [-0.1, -0.05) is 32.9 Å². The summed E-state index contributed by atoms with van der Waals surface area (Å²) in [4.78, 5) is 0. The van der Waals surface area contributed by atoms with Gasteiger partial charge < -0.3 is 13.9 Å². The summed E-state index contributed by atoms with van der Waals surface area (Å²) in [7, 11) is -0.154. The number of benzene rings is 1. The summed E-state index contributed by atoms with van der Waals surface area (Å²) in [6.07, 6.45) is 0.739. The number of hydrogen-bond donors (Lipinski definition) is 0. The number of hydrogen-bond acceptors (Lipinski definition) is 3. The van der Waals surface area contributed by atoms with Crippen molar-refractivity contribution < 1.29 is 13.9 Å². The quantitative estimate of drug-likeness (QED) is 0.488. The van der Waals surface area contributed by atoms with E-state index in [1.807, 2.05) is 31.2 Å². The fraction of sp³-hybridized carbons (Fsp3) is 0.600. The highest BCUT2D eigenvalue weighted by Crippen LogP contribution is 2.37. The zero-order valence-electron chi connectivity index (χ0n) is 16.2. The topological polar surface area (TPSA) is 27.7 Å². The number of rotatable bonds is 8. The van der Waals surface area contributed by atoms with Crippen molar-refractivity contribution in [3.8, 4) is 17.6 Å². The van der Waals surface area contributed by atoms with Gasteiger partial charge in [0, 0.05) is 6.42 Å². The lowest BCUT2D eigenvalue weighted by Crippen LogP contribution is -2.45. The van der Waals surface area contributed by atoms with Gasteiger partial charge in [-0.25, -0.2) is 0 Å². The third-order valence-corrected chi connectivity index (χ3v) is 9.04. The van der Waals surface area contributed by atoms with Crippen molar-refractivity contribution in [3.63, 3.8) is 0 Å². The lowest BCUT2D eigenvalue weighted by Gasteiger charge is -2.38. The molecule has 0 spiro atoms. The van der Waals surface area contributed by atoms with Gasteiger partial charge in [0.05, 0.1) is 26.4 Å². The molecule has 1 atom stereocenters. The first kappa shape index (κ1) is 20.8. The summed E-state index contributed by atoms with van der Waals surface area (Å²) < 4.78 is 17.5. The van der Waals surface area contributed by atoms with Crippen LogP contribution in [0.2, 0.25) is 18.1 Å². The van der Waals surface area contributed by atoms with Crippen molar-refractivity contribution in [2.24, 2.45) is 0 Å². The standard InChI is InChI=1S/C20H32O3Si/c1-8-9-10-19(23-24(6,7)20(2,3)4)16-22-15-17-11-13-18(21-5)14-12-17/h11-14,19H,10,15-16H2,1-7H3. The van der Waals surface area contributed by atoms with E-state index in [2.05, 4.69) is 45.7 Å². The van der Waals surface area contributed by atoms with Crippen LogP contribution in [0.3, 0.4) is 0 Å². The Labute approximate surface area is 148 Å². The maximum Gasteiger partial charge on any atom is 0.192 e. The van der Waals surface area contributed by atoms with Crippen LogP contribution in [-0.2, 0) is 15.8 Å². The molecule has 1 aromatic carbocycles. The molecule has 4 heteroatoms. The van der Waals surface area contributed by atoms with Crippen LogP contribution in [0, 0.1) is 11.8 Å². The molecule has 0 aliphatic heterocycles. The highest BCUT2D eigenvalue weighted by Gasteiger charge is 2.39. The van der Waals surface area contributed by atoms with Gasteiger partial charge in [-0.15, -0.1) is 11.8 Å². The smallest absolute Gasteiger partial charge is 0.192 e. The molecule has 0 amide bonds. The van der Waals surface area contributed by atoms with E-state index < -0.39 is 8.32 Å². The molecule has 0 heterocycles. The molecule has 0 aliphatic carbocycles. The molecule has 3 nitrogen and oxygen atoms in total. The van der Waals surface area contributed by atoms with E-state index in [0.29, 0.717) is 19.6 Å². The molecule has 1 aromatic rings.